The van der Waals surface area contributed by atoms with Crippen LogP contribution in [-0.2, 0) is 0 Å². The molecular formula is C25H28N2O6. The first kappa shape index (κ1) is 23.6. The summed E-state index contributed by atoms with van der Waals surface area (Å²) in [5.41, 5.74) is 2.50. The average molecular weight is 453 g/mol. The average Bonchev–Trinajstić information content (AvgIpc) is 2.86. The summed E-state index contributed by atoms with van der Waals surface area (Å²) < 4.78 is 32.5. The third-order valence-corrected chi connectivity index (χ3v) is 4.91. The smallest absolute Gasteiger partial charge is 0.203 e. The monoisotopic (exact) mass is 452 g/mol. The maximum absolute atomic E-state index is 5.44. The van der Waals surface area contributed by atoms with Crippen LogP contribution in [0, 0.1) is 0 Å². The van der Waals surface area contributed by atoms with Gasteiger partial charge in [-0.15, -0.1) is 0 Å². The molecule has 0 amide bonds. The third-order valence-electron chi connectivity index (χ3n) is 4.91. The van der Waals surface area contributed by atoms with Gasteiger partial charge < -0.3 is 33.7 Å². The van der Waals surface area contributed by atoms with E-state index in [2.05, 4.69) is 10.3 Å². The SMILES string of the molecule is COc1cc(/C=C\c2cccnc2Nc2cc(OC)c(OC)c(OC)c2)cc(OC)c1OC. The van der Waals surface area contributed by atoms with Gasteiger partial charge in [-0.3, -0.25) is 0 Å². The molecular weight excluding hydrogens is 424 g/mol. The van der Waals surface area contributed by atoms with Crippen LogP contribution in [0.15, 0.2) is 42.6 Å². The van der Waals surface area contributed by atoms with Crippen molar-refractivity contribution in [1.29, 1.82) is 0 Å². The molecule has 0 saturated heterocycles. The number of pyridine rings is 1. The lowest BCUT2D eigenvalue weighted by atomic mass is 10.1. The Morgan fingerprint density at radius 1 is 0.667 bits per heavy atom. The summed E-state index contributed by atoms with van der Waals surface area (Å²) >= 11 is 0. The van der Waals surface area contributed by atoms with Crippen LogP contribution in [0.5, 0.6) is 34.5 Å². The highest BCUT2D eigenvalue weighted by Crippen LogP contribution is 2.41. The van der Waals surface area contributed by atoms with E-state index < -0.39 is 0 Å². The third kappa shape index (κ3) is 5.23. The lowest BCUT2D eigenvalue weighted by Crippen LogP contribution is -2.00. The fourth-order valence-electron chi connectivity index (χ4n) is 3.33. The van der Waals surface area contributed by atoms with Crippen LogP contribution in [0.4, 0.5) is 11.5 Å². The quantitative estimate of drug-likeness (QED) is 0.458. The number of benzene rings is 2. The van der Waals surface area contributed by atoms with Crippen molar-refractivity contribution in [3.8, 4) is 34.5 Å². The Hall–Kier alpha value is -4.07. The van der Waals surface area contributed by atoms with Gasteiger partial charge in [0.05, 0.1) is 42.7 Å². The predicted octanol–water partition coefficient (Wildman–Crippen LogP) is 5.05. The van der Waals surface area contributed by atoms with E-state index >= 15 is 0 Å². The van der Waals surface area contributed by atoms with E-state index in [4.69, 9.17) is 28.4 Å². The standard InChI is InChI=1S/C25H28N2O6/c1-28-19-12-16(13-20(29-2)23(19)32-5)9-10-17-8-7-11-26-25(17)27-18-14-21(30-3)24(33-6)22(15-18)31-4/h7-15H,1-6H3,(H,26,27)/b10-9-. The van der Waals surface area contributed by atoms with Crippen LogP contribution in [-0.4, -0.2) is 47.6 Å². The maximum Gasteiger partial charge on any atom is 0.203 e. The highest BCUT2D eigenvalue weighted by Gasteiger charge is 2.15. The second kappa shape index (κ2) is 11.0. The zero-order valence-electron chi connectivity index (χ0n) is 19.6. The van der Waals surface area contributed by atoms with Crippen LogP contribution in [0.25, 0.3) is 12.2 Å². The molecule has 0 saturated carbocycles. The molecule has 0 aliphatic heterocycles. The van der Waals surface area contributed by atoms with Crippen LogP contribution in [0.1, 0.15) is 11.1 Å². The number of nitrogens with one attached hydrogen (secondary N) is 1. The molecule has 33 heavy (non-hydrogen) atoms. The molecule has 174 valence electrons. The van der Waals surface area contributed by atoms with Gasteiger partial charge in [-0.25, -0.2) is 4.98 Å². The number of methoxy groups -OCH3 is 6. The Balaban J connectivity index is 1.95. The van der Waals surface area contributed by atoms with Crippen molar-refractivity contribution in [2.24, 2.45) is 0 Å². The van der Waals surface area contributed by atoms with Gasteiger partial charge in [0.25, 0.3) is 0 Å². The zero-order chi connectivity index (χ0) is 23.8. The first-order chi connectivity index (χ1) is 16.1. The molecule has 0 atom stereocenters. The molecule has 0 aliphatic carbocycles. The fourth-order valence-corrected chi connectivity index (χ4v) is 3.33. The highest BCUT2D eigenvalue weighted by atomic mass is 16.5. The highest BCUT2D eigenvalue weighted by molar-refractivity contribution is 5.79. The summed E-state index contributed by atoms with van der Waals surface area (Å²) in [5, 5.41) is 3.33. The van der Waals surface area contributed by atoms with Gasteiger partial charge in [-0.1, -0.05) is 12.2 Å². The van der Waals surface area contributed by atoms with E-state index in [1.54, 1.807) is 48.9 Å². The first-order valence-corrected chi connectivity index (χ1v) is 10.1. The van der Waals surface area contributed by atoms with Crippen molar-refractivity contribution in [2.45, 2.75) is 0 Å². The molecule has 8 heteroatoms. The molecule has 1 aromatic heterocycles. The van der Waals surface area contributed by atoms with E-state index in [9.17, 15) is 0 Å². The normalized spacial score (nSPS) is 10.6. The number of hydrogen-bond donors (Lipinski definition) is 1. The number of anilines is 2. The number of aromatic nitrogens is 1. The van der Waals surface area contributed by atoms with E-state index in [1.165, 1.54) is 0 Å². The van der Waals surface area contributed by atoms with E-state index in [0.717, 1.165) is 16.8 Å². The zero-order valence-corrected chi connectivity index (χ0v) is 19.6. The second-order valence-electron chi connectivity index (χ2n) is 6.77. The molecule has 0 aliphatic rings. The molecule has 1 N–H and O–H groups in total. The van der Waals surface area contributed by atoms with Crippen LogP contribution in [0.3, 0.4) is 0 Å². The van der Waals surface area contributed by atoms with Gasteiger partial charge in [0.1, 0.15) is 5.82 Å². The van der Waals surface area contributed by atoms with Gasteiger partial charge in [-0.2, -0.15) is 0 Å². The molecule has 0 spiro atoms. The van der Waals surface area contributed by atoms with Crippen molar-refractivity contribution in [3.05, 3.63) is 53.7 Å². The largest absolute Gasteiger partial charge is 0.493 e. The van der Waals surface area contributed by atoms with Gasteiger partial charge >= 0.3 is 0 Å². The van der Waals surface area contributed by atoms with E-state index in [1.807, 2.05) is 48.6 Å². The summed E-state index contributed by atoms with van der Waals surface area (Å²) in [7, 11) is 9.47. The summed E-state index contributed by atoms with van der Waals surface area (Å²) in [5.74, 6) is 3.99. The molecule has 1 heterocycles. The first-order valence-electron chi connectivity index (χ1n) is 10.1. The molecule has 0 unspecified atom stereocenters. The molecule has 0 fully saturated rings. The number of ether oxygens (including phenoxy) is 6. The fraction of sp³-hybridized carbons (Fsp3) is 0.240. The lowest BCUT2D eigenvalue weighted by Gasteiger charge is -2.15. The van der Waals surface area contributed by atoms with E-state index in [0.29, 0.717) is 40.3 Å². The van der Waals surface area contributed by atoms with Crippen molar-refractivity contribution >= 4 is 23.7 Å². The molecule has 8 nitrogen and oxygen atoms in total. The van der Waals surface area contributed by atoms with Crippen molar-refractivity contribution in [1.82, 2.24) is 4.98 Å². The minimum absolute atomic E-state index is 0.522. The second-order valence-corrected chi connectivity index (χ2v) is 6.77. The van der Waals surface area contributed by atoms with Crippen LogP contribution >= 0.6 is 0 Å². The summed E-state index contributed by atoms with van der Waals surface area (Å²) in [6, 6.07) is 11.2. The number of hydrogen-bond acceptors (Lipinski definition) is 8. The summed E-state index contributed by atoms with van der Waals surface area (Å²) in [6.07, 6.45) is 5.62. The van der Waals surface area contributed by atoms with Gasteiger partial charge in [0.2, 0.25) is 11.5 Å². The predicted molar refractivity (Wildman–Crippen MR) is 129 cm³/mol. The molecule has 0 radical (unpaired) electrons. The number of rotatable bonds is 10. The molecule has 3 aromatic rings. The van der Waals surface area contributed by atoms with Gasteiger partial charge in [0.15, 0.2) is 23.0 Å². The van der Waals surface area contributed by atoms with Crippen molar-refractivity contribution < 1.29 is 28.4 Å². The van der Waals surface area contributed by atoms with E-state index in [-0.39, 0.29) is 0 Å². The molecule has 0 bridgehead atoms. The molecule has 3 rings (SSSR count). The minimum Gasteiger partial charge on any atom is -0.493 e. The van der Waals surface area contributed by atoms with Gasteiger partial charge in [0, 0.05) is 29.6 Å². The van der Waals surface area contributed by atoms with Gasteiger partial charge in [-0.05, 0) is 29.8 Å². The maximum atomic E-state index is 5.44. The Kier molecular flexibility index (Phi) is 7.86. The molecule has 2 aromatic carbocycles. The summed E-state index contributed by atoms with van der Waals surface area (Å²) in [6.45, 7) is 0. The Labute approximate surface area is 193 Å². The van der Waals surface area contributed by atoms with Crippen LogP contribution in [0.2, 0.25) is 0 Å². The summed E-state index contributed by atoms with van der Waals surface area (Å²) in [4.78, 5) is 4.49. The number of nitrogens with zero attached hydrogens (tertiary/aromatic N) is 1. The van der Waals surface area contributed by atoms with Crippen molar-refractivity contribution in [3.63, 3.8) is 0 Å². The van der Waals surface area contributed by atoms with Crippen LogP contribution < -0.4 is 33.7 Å². The van der Waals surface area contributed by atoms with Crippen molar-refractivity contribution in [2.75, 3.05) is 48.0 Å². The lowest BCUT2D eigenvalue weighted by molar-refractivity contribution is 0.324. The Morgan fingerprint density at radius 2 is 1.18 bits per heavy atom. The minimum atomic E-state index is 0.522. The topological polar surface area (TPSA) is 80.3 Å². The Morgan fingerprint density at radius 3 is 1.67 bits per heavy atom. The Bertz CT molecular complexity index is 1080.